The van der Waals surface area contributed by atoms with E-state index in [-0.39, 0.29) is 0 Å². The Kier molecular flexibility index (Phi) is 6.33. The van der Waals surface area contributed by atoms with E-state index < -0.39 is 8.07 Å². The van der Waals surface area contributed by atoms with Gasteiger partial charge >= 0.3 is 0 Å². The molecule has 0 unspecified atom stereocenters. The predicted molar refractivity (Wildman–Crippen MR) is 212 cm³/mol. The van der Waals surface area contributed by atoms with Crippen LogP contribution < -0.4 is 10.4 Å². The van der Waals surface area contributed by atoms with E-state index in [9.17, 15) is 0 Å². The molecule has 7 aromatic carbocycles. The topological polar surface area (TPSA) is 30.7 Å². The molecule has 0 amide bonds. The van der Waals surface area contributed by atoms with E-state index in [0.29, 0.717) is 0 Å². The van der Waals surface area contributed by atoms with Crippen LogP contribution in [0.4, 0.5) is 0 Å². The molecule has 0 N–H and O–H groups in total. The molecular formula is C46H33N3Si. The summed E-state index contributed by atoms with van der Waals surface area (Å²) in [5, 5.41) is 6.49. The van der Waals surface area contributed by atoms with E-state index in [2.05, 4.69) is 181 Å². The van der Waals surface area contributed by atoms with Crippen LogP contribution in [-0.2, 0) is 0 Å². The molecule has 10 rings (SSSR count). The lowest BCUT2D eigenvalue weighted by Crippen LogP contribution is -2.49. The summed E-state index contributed by atoms with van der Waals surface area (Å²) in [7, 11) is -1.93. The van der Waals surface area contributed by atoms with E-state index in [1.165, 1.54) is 49.0 Å². The molecule has 3 heterocycles. The summed E-state index contributed by atoms with van der Waals surface area (Å²) in [6.45, 7) is 4.94. The summed E-state index contributed by atoms with van der Waals surface area (Å²) >= 11 is 0. The van der Waals surface area contributed by atoms with Crippen molar-refractivity contribution in [2.45, 2.75) is 13.1 Å². The average molecular weight is 656 g/mol. The third-order valence-corrected chi connectivity index (χ3v) is 14.1. The lowest BCUT2D eigenvalue weighted by molar-refractivity contribution is 1.08. The average Bonchev–Trinajstić information content (AvgIpc) is 3.63. The predicted octanol–water partition coefficient (Wildman–Crippen LogP) is 10.5. The van der Waals surface area contributed by atoms with Gasteiger partial charge in [-0.1, -0.05) is 147 Å². The van der Waals surface area contributed by atoms with Crippen LogP contribution in [0.1, 0.15) is 0 Å². The molecule has 9 aromatic rings. The van der Waals surface area contributed by atoms with Crippen molar-refractivity contribution in [1.82, 2.24) is 14.5 Å². The van der Waals surface area contributed by atoms with Gasteiger partial charge in [0.2, 0.25) is 0 Å². The largest absolute Gasteiger partial charge is 0.293 e. The van der Waals surface area contributed by atoms with Gasteiger partial charge in [-0.2, -0.15) is 0 Å². The van der Waals surface area contributed by atoms with Gasteiger partial charge in [0.05, 0.1) is 21.9 Å². The second-order valence-electron chi connectivity index (χ2n) is 13.8. The van der Waals surface area contributed by atoms with E-state index in [0.717, 1.165) is 44.7 Å². The van der Waals surface area contributed by atoms with Gasteiger partial charge in [-0.3, -0.25) is 4.57 Å². The van der Waals surface area contributed by atoms with Crippen molar-refractivity contribution in [1.29, 1.82) is 0 Å². The fourth-order valence-corrected chi connectivity index (χ4v) is 11.3. The van der Waals surface area contributed by atoms with Crippen molar-refractivity contribution in [3.8, 4) is 50.6 Å². The highest BCUT2D eigenvalue weighted by atomic mass is 28.3. The molecule has 0 fully saturated rings. The zero-order valence-corrected chi connectivity index (χ0v) is 28.9. The zero-order valence-electron chi connectivity index (χ0n) is 27.9. The lowest BCUT2D eigenvalue weighted by atomic mass is 9.97. The first-order valence-electron chi connectivity index (χ1n) is 17.3. The molecule has 1 aliphatic rings. The number of para-hydroxylation sites is 2. The first-order chi connectivity index (χ1) is 24.6. The fourth-order valence-electron chi connectivity index (χ4n) is 8.19. The normalized spacial score (nSPS) is 13.2. The number of hydrogen-bond donors (Lipinski definition) is 0. The first-order valence-corrected chi connectivity index (χ1v) is 20.3. The molecule has 0 saturated heterocycles. The van der Waals surface area contributed by atoms with Crippen LogP contribution in [0.3, 0.4) is 0 Å². The van der Waals surface area contributed by atoms with E-state index in [4.69, 9.17) is 9.97 Å². The summed E-state index contributed by atoms with van der Waals surface area (Å²) in [5.41, 5.74) is 11.6. The van der Waals surface area contributed by atoms with Crippen molar-refractivity contribution in [2.24, 2.45) is 0 Å². The molecule has 1 aliphatic heterocycles. The third kappa shape index (κ3) is 4.28. The van der Waals surface area contributed by atoms with Gasteiger partial charge < -0.3 is 0 Å². The van der Waals surface area contributed by atoms with Crippen molar-refractivity contribution in [2.75, 3.05) is 0 Å². The molecule has 2 aromatic heterocycles. The second-order valence-corrected chi connectivity index (χ2v) is 18.1. The summed E-state index contributed by atoms with van der Waals surface area (Å²) in [6, 6.07) is 59.0. The van der Waals surface area contributed by atoms with Crippen LogP contribution in [-0.4, -0.2) is 22.6 Å². The Morgan fingerprint density at radius 3 is 1.74 bits per heavy atom. The Morgan fingerprint density at radius 2 is 1.02 bits per heavy atom. The van der Waals surface area contributed by atoms with Crippen LogP contribution >= 0.6 is 0 Å². The summed E-state index contributed by atoms with van der Waals surface area (Å²) < 4.78 is 2.38. The van der Waals surface area contributed by atoms with Crippen LogP contribution in [0.2, 0.25) is 13.1 Å². The Labute approximate surface area is 292 Å². The maximum absolute atomic E-state index is 5.58. The molecule has 0 bridgehead atoms. The van der Waals surface area contributed by atoms with E-state index in [1.807, 2.05) is 0 Å². The lowest BCUT2D eigenvalue weighted by Gasteiger charge is -2.20. The van der Waals surface area contributed by atoms with Gasteiger partial charge in [0.15, 0.2) is 5.82 Å². The van der Waals surface area contributed by atoms with Crippen LogP contribution in [0.25, 0.3) is 83.3 Å². The minimum Gasteiger partial charge on any atom is -0.293 e. The molecule has 0 spiro atoms. The van der Waals surface area contributed by atoms with E-state index in [1.54, 1.807) is 0 Å². The molecule has 0 aliphatic carbocycles. The standard InChI is InChI=1S/C46H33N3Si/c1-50(2)41-25-11-8-22-37(41)43-42(50)27-26-38-44(43)46(49-39-23-9-6-20-35(39)36-21-7-10-24-40(36)49)48-45(47-38)34-19-13-18-33(29-34)32-17-12-16-31(28-32)30-14-4-3-5-15-30/h3-29H,1-2H3. The molecule has 0 radical (unpaired) electrons. The molecule has 4 heteroatoms. The number of benzene rings is 7. The monoisotopic (exact) mass is 655 g/mol. The highest BCUT2D eigenvalue weighted by Crippen LogP contribution is 2.40. The third-order valence-electron chi connectivity index (χ3n) is 10.6. The van der Waals surface area contributed by atoms with Crippen molar-refractivity contribution in [3.05, 3.63) is 164 Å². The minimum absolute atomic E-state index is 0.721. The molecule has 0 saturated carbocycles. The summed E-state index contributed by atoms with van der Waals surface area (Å²) in [5.74, 6) is 1.65. The molecular weight excluding hydrogens is 623 g/mol. The molecule has 50 heavy (non-hydrogen) atoms. The van der Waals surface area contributed by atoms with Gasteiger partial charge in [0, 0.05) is 16.3 Å². The van der Waals surface area contributed by atoms with Crippen molar-refractivity contribution >= 4 is 51.2 Å². The van der Waals surface area contributed by atoms with Gasteiger partial charge in [-0.05, 0) is 74.1 Å². The summed E-state index contributed by atoms with van der Waals surface area (Å²) in [6.07, 6.45) is 0. The highest BCUT2D eigenvalue weighted by molar-refractivity contribution is 7.04. The maximum atomic E-state index is 5.58. The fraction of sp³-hybridized carbons (Fsp3) is 0.0435. The van der Waals surface area contributed by atoms with Gasteiger partial charge in [-0.25, -0.2) is 9.97 Å². The second kappa shape index (κ2) is 11.0. The number of hydrogen-bond acceptors (Lipinski definition) is 2. The molecule has 236 valence electrons. The van der Waals surface area contributed by atoms with Gasteiger partial charge in [0.25, 0.3) is 0 Å². The smallest absolute Gasteiger partial charge is 0.162 e. The minimum atomic E-state index is -1.93. The van der Waals surface area contributed by atoms with Crippen LogP contribution in [0.15, 0.2) is 164 Å². The van der Waals surface area contributed by atoms with Crippen molar-refractivity contribution in [3.63, 3.8) is 0 Å². The van der Waals surface area contributed by atoms with E-state index >= 15 is 0 Å². The highest BCUT2D eigenvalue weighted by Gasteiger charge is 2.39. The van der Waals surface area contributed by atoms with Gasteiger partial charge in [0.1, 0.15) is 13.9 Å². The first kappa shape index (κ1) is 28.9. The van der Waals surface area contributed by atoms with Crippen molar-refractivity contribution < 1.29 is 0 Å². The number of rotatable bonds is 4. The Morgan fingerprint density at radius 1 is 0.460 bits per heavy atom. The number of aromatic nitrogens is 3. The van der Waals surface area contributed by atoms with Crippen LogP contribution in [0.5, 0.6) is 0 Å². The quantitative estimate of drug-likeness (QED) is 0.177. The Balaban J connectivity index is 1.25. The number of nitrogens with zero attached hydrogens (tertiary/aromatic N) is 3. The SMILES string of the molecule is C[Si]1(C)c2ccccc2-c2c1ccc1nc(-c3cccc(-c4cccc(-c5ccccc5)c4)c3)nc(-n3c4ccccc4c4ccccc43)c21. The Bertz CT molecular complexity index is 2740. The molecule has 0 atom stereocenters. The molecule has 3 nitrogen and oxygen atoms in total. The van der Waals surface area contributed by atoms with Gasteiger partial charge in [-0.15, -0.1) is 0 Å². The number of fused-ring (bicyclic) bond motifs is 8. The maximum Gasteiger partial charge on any atom is 0.162 e. The zero-order chi connectivity index (χ0) is 33.4. The summed E-state index contributed by atoms with van der Waals surface area (Å²) in [4.78, 5) is 10.9. The Hall–Kier alpha value is -6.10. The van der Waals surface area contributed by atoms with Crippen LogP contribution in [0, 0.1) is 0 Å².